The lowest BCUT2D eigenvalue weighted by molar-refractivity contribution is -0.169. The molecule has 3 aromatic rings. The Morgan fingerprint density at radius 3 is 1.89 bits per heavy atom. The highest BCUT2D eigenvalue weighted by atomic mass is 28.4. The molecule has 0 spiro atoms. The number of carbonyl (C=O) groups is 1. The molecule has 1 saturated heterocycles. The minimum atomic E-state index is -2.82. The second-order valence-corrected chi connectivity index (χ2v) is 17.4. The van der Waals surface area contributed by atoms with Crippen LogP contribution in [0.3, 0.4) is 0 Å². The largest absolute Gasteiger partial charge is 0.469 e. The molecule has 0 aliphatic carbocycles. The molecular weight excluding hydrogens is 596 g/mol. The Kier molecular flexibility index (Phi) is 14.0. The summed E-state index contributed by atoms with van der Waals surface area (Å²) in [6, 6.07) is 31.0. The van der Waals surface area contributed by atoms with Gasteiger partial charge in [0.25, 0.3) is 8.32 Å². The maximum Gasteiger partial charge on any atom is 0.305 e. The second-order valence-electron chi connectivity index (χ2n) is 13.1. The number of aliphatic hydroxyl groups is 1. The van der Waals surface area contributed by atoms with Gasteiger partial charge in [0.15, 0.2) is 6.29 Å². The molecule has 4 rings (SSSR count). The van der Waals surface area contributed by atoms with Gasteiger partial charge in [0.2, 0.25) is 0 Å². The standard InChI is InChI=1S/C38H52O7Si/c1-38(2,3)46(31-22-14-10-15-23-31,32-24-16-11-17-25-32)44-29-33-36(43-28-30-20-12-9-13-21-30)35(40)37(45-33)42-27-19-8-6-5-7-18-26-34(39)41-4/h9-17,20-25,33,35-37,40H,5-8,18-19,26-29H2,1-4H3/t33-,35+,36-,37+/m1/s1. The molecular formula is C38H52O7Si. The summed E-state index contributed by atoms with van der Waals surface area (Å²) in [4.78, 5) is 11.3. The molecule has 0 unspecified atom stereocenters. The zero-order chi connectivity index (χ0) is 32.8. The summed E-state index contributed by atoms with van der Waals surface area (Å²) in [7, 11) is -1.39. The minimum absolute atomic E-state index is 0.148. The number of ether oxygens (including phenoxy) is 4. The molecule has 250 valence electrons. The van der Waals surface area contributed by atoms with Gasteiger partial charge in [-0.3, -0.25) is 4.79 Å². The van der Waals surface area contributed by atoms with E-state index in [-0.39, 0.29) is 17.6 Å². The fourth-order valence-electron chi connectivity index (χ4n) is 6.30. The maximum atomic E-state index is 11.4. The van der Waals surface area contributed by atoms with Gasteiger partial charge in [-0.1, -0.05) is 137 Å². The van der Waals surface area contributed by atoms with Crippen LogP contribution in [0.5, 0.6) is 0 Å². The smallest absolute Gasteiger partial charge is 0.305 e. The van der Waals surface area contributed by atoms with E-state index in [1.165, 1.54) is 17.5 Å². The lowest BCUT2D eigenvalue weighted by atomic mass is 10.1. The predicted molar refractivity (Wildman–Crippen MR) is 184 cm³/mol. The summed E-state index contributed by atoms with van der Waals surface area (Å²) in [5.74, 6) is -0.148. The first-order chi connectivity index (χ1) is 22.3. The fraction of sp³-hybridized carbons (Fsp3) is 0.500. The zero-order valence-electron chi connectivity index (χ0n) is 27.9. The van der Waals surface area contributed by atoms with Crippen LogP contribution < -0.4 is 10.4 Å². The van der Waals surface area contributed by atoms with Crippen LogP contribution in [0.25, 0.3) is 0 Å². The van der Waals surface area contributed by atoms with Gasteiger partial charge in [-0.25, -0.2) is 0 Å². The Morgan fingerprint density at radius 1 is 0.783 bits per heavy atom. The molecule has 0 amide bonds. The molecule has 0 saturated carbocycles. The van der Waals surface area contributed by atoms with Crippen molar-refractivity contribution >= 4 is 24.7 Å². The summed E-state index contributed by atoms with van der Waals surface area (Å²) < 4.78 is 30.8. The number of esters is 1. The van der Waals surface area contributed by atoms with Crippen molar-refractivity contribution in [2.45, 2.75) is 102 Å². The molecule has 8 heteroatoms. The minimum Gasteiger partial charge on any atom is -0.469 e. The molecule has 1 fully saturated rings. The van der Waals surface area contributed by atoms with E-state index in [2.05, 4.69) is 69.3 Å². The van der Waals surface area contributed by atoms with Crippen LogP contribution in [-0.4, -0.2) is 64.3 Å². The molecule has 0 bridgehead atoms. The van der Waals surface area contributed by atoms with Crippen molar-refractivity contribution < 1.29 is 33.3 Å². The van der Waals surface area contributed by atoms with E-state index < -0.39 is 32.9 Å². The average Bonchev–Trinajstić information content (AvgIpc) is 3.37. The van der Waals surface area contributed by atoms with Crippen LogP contribution in [0.4, 0.5) is 0 Å². The Morgan fingerprint density at radius 2 is 1.33 bits per heavy atom. The molecule has 46 heavy (non-hydrogen) atoms. The van der Waals surface area contributed by atoms with Crippen LogP contribution in [0, 0.1) is 0 Å². The Hall–Kier alpha value is -2.85. The third-order valence-corrected chi connectivity index (χ3v) is 13.7. The van der Waals surface area contributed by atoms with Crippen molar-refractivity contribution in [1.82, 2.24) is 0 Å². The normalized spacial score (nSPS) is 20.1. The number of rotatable bonds is 18. The van der Waals surface area contributed by atoms with Gasteiger partial charge in [-0.15, -0.1) is 0 Å². The van der Waals surface area contributed by atoms with Crippen LogP contribution in [-0.2, 0) is 34.8 Å². The molecule has 4 atom stereocenters. The Balaban J connectivity index is 1.43. The number of hydrogen-bond acceptors (Lipinski definition) is 7. The van der Waals surface area contributed by atoms with Crippen molar-refractivity contribution in [2.75, 3.05) is 20.3 Å². The van der Waals surface area contributed by atoms with Crippen LogP contribution in [0.2, 0.25) is 5.04 Å². The molecule has 1 aliphatic rings. The van der Waals surface area contributed by atoms with E-state index in [4.69, 9.17) is 23.4 Å². The van der Waals surface area contributed by atoms with Gasteiger partial charge < -0.3 is 28.5 Å². The number of hydrogen-bond donors (Lipinski definition) is 1. The highest BCUT2D eigenvalue weighted by Crippen LogP contribution is 2.38. The number of methoxy groups -OCH3 is 1. The maximum absolute atomic E-state index is 11.4. The molecule has 0 aromatic heterocycles. The lowest BCUT2D eigenvalue weighted by Crippen LogP contribution is -2.67. The van der Waals surface area contributed by atoms with Crippen molar-refractivity contribution in [3.05, 3.63) is 96.6 Å². The lowest BCUT2D eigenvalue weighted by Gasteiger charge is -2.43. The number of aliphatic hydroxyl groups excluding tert-OH is 1. The Labute approximate surface area is 276 Å². The number of carbonyl (C=O) groups excluding carboxylic acids is 1. The Bertz CT molecular complexity index is 1240. The summed E-state index contributed by atoms with van der Waals surface area (Å²) in [6.07, 6.45) is 3.47. The third kappa shape index (κ3) is 9.59. The van der Waals surface area contributed by atoms with Crippen LogP contribution in [0.15, 0.2) is 91.0 Å². The van der Waals surface area contributed by atoms with Crippen molar-refractivity contribution in [3.63, 3.8) is 0 Å². The van der Waals surface area contributed by atoms with Gasteiger partial charge in [-0.2, -0.15) is 0 Å². The van der Waals surface area contributed by atoms with Crippen molar-refractivity contribution in [1.29, 1.82) is 0 Å². The first-order valence-electron chi connectivity index (χ1n) is 16.7. The summed E-state index contributed by atoms with van der Waals surface area (Å²) >= 11 is 0. The van der Waals surface area contributed by atoms with Gasteiger partial charge in [0.1, 0.15) is 18.3 Å². The van der Waals surface area contributed by atoms with Gasteiger partial charge in [-0.05, 0) is 33.8 Å². The van der Waals surface area contributed by atoms with E-state index in [1.54, 1.807) is 0 Å². The van der Waals surface area contributed by atoms with E-state index >= 15 is 0 Å². The second kappa shape index (κ2) is 17.9. The van der Waals surface area contributed by atoms with Crippen molar-refractivity contribution in [3.8, 4) is 0 Å². The molecule has 1 heterocycles. The van der Waals surface area contributed by atoms with E-state index in [9.17, 15) is 9.90 Å². The third-order valence-electron chi connectivity index (χ3n) is 8.74. The van der Waals surface area contributed by atoms with Crippen molar-refractivity contribution in [2.24, 2.45) is 0 Å². The quantitative estimate of drug-likeness (QED) is 0.101. The van der Waals surface area contributed by atoms with Gasteiger partial charge in [0, 0.05) is 13.0 Å². The van der Waals surface area contributed by atoms with E-state index in [1.807, 2.05) is 42.5 Å². The summed E-state index contributed by atoms with van der Waals surface area (Å²) in [5.41, 5.74) is 1.03. The summed E-state index contributed by atoms with van der Waals surface area (Å²) in [5, 5.41) is 13.6. The van der Waals surface area contributed by atoms with Gasteiger partial charge in [0.05, 0.1) is 20.3 Å². The molecule has 0 radical (unpaired) electrons. The highest BCUT2D eigenvalue weighted by Gasteiger charge is 2.52. The van der Waals surface area contributed by atoms with Crippen LogP contribution >= 0.6 is 0 Å². The first kappa shape index (κ1) is 36.0. The summed E-state index contributed by atoms with van der Waals surface area (Å²) in [6.45, 7) is 7.84. The average molecular weight is 649 g/mol. The molecule has 1 aliphatic heterocycles. The van der Waals surface area contributed by atoms with Crippen LogP contribution in [0.1, 0.15) is 71.3 Å². The van der Waals surface area contributed by atoms with E-state index in [0.717, 1.165) is 44.1 Å². The van der Waals surface area contributed by atoms with E-state index in [0.29, 0.717) is 19.6 Å². The fourth-order valence-corrected chi connectivity index (χ4v) is 10.9. The first-order valence-corrected chi connectivity index (χ1v) is 18.6. The van der Waals surface area contributed by atoms with Gasteiger partial charge >= 0.3 is 5.97 Å². The number of benzene rings is 3. The monoisotopic (exact) mass is 648 g/mol. The zero-order valence-corrected chi connectivity index (χ0v) is 28.9. The molecule has 1 N–H and O–H groups in total. The predicted octanol–water partition coefficient (Wildman–Crippen LogP) is 6.15. The SMILES string of the molecule is COC(=O)CCCCCCCCO[C@H]1O[C@H](CO[Si](c2ccccc2)(c2ccccc2)C(C)(C)C)[C@@H](OCc2ccccc2)[C@@H]1O. The number of unbranched alkanes of at least 4 members (excludes halogenated alkanes) is 5. The highest BCUT2D eigenvalue weighted by molar-refractivity contribution is 6.99. The molecule has 7 nitrogen and oxygen atoms in total. The molecule has 3 aromatic carbocycles. The topological polar surface area (TPSA) is 83.5 Å².